The number of methoxy groups -OCH3 is 2. The van der Waals surface area contributed by atoms with Crippen molar-refractivity contribution in [2.24, 2.45) is 10.9 Å². The molecule has 1 unspecified atom stereocenters. The number of carbonyl (C=O) groups excluding carboxylic acids is 3. The molecular formula is C30H30N2O8S. The minimum atomic E-state index is -0.833. The number of nitrogens with zero attached hydrogens (tertiary/aromatic N) is 2. The Labute approximate surface area is 240 Å². The third kappa shape index (κ3) is 6.30. The fourth-order valence-electron chi connectivity index (χ4n) is 4.30. The highest BCUT2D eigenvalue weighted by Crippen LogP contribution is 2.31. The van der Waals surface area contributed by atoms with Gasteiger partial charge in [-0.3, -0.25) is 14.2 Å². The van der Waals surface area contributed by atoms with E-state index in [1.54, 1.807) is 55.5 Å². The zero-order valence-electron chi connectivity index (χ0n) is 23.5. The smallest absolute Gasteiger partial charge is 0.338 e. The van der Waals surface area contributed by atoms with Crippen LogP contribution in [0.3, 0.4) is 0 Å². The normalized spacial score (nSPS) is 14.8. The molecular weight excluding hydrogens is 548 g/mol. The van der Waals surface area contributed by atoms with E-state index >= 15 is 0 Å². The number of thiazole rings is 1. The molecule has 4 rings (SSSR count). The van der Waals surface area contributed by atoms with Gasteiger partial charge in [0.15, 0.2) is 16.3 Å². The van der Waals surface area contributed by atoms with Crippen LogP contribution in [0.25, 0.3) is 6.08 Å². The summed E-state index contributed by atoms with van der Waals surface area (Å²) in [6.07, 6.45) is 1.68. The van der Waals surface area contributed by atoms with Crippen LogP contribution in [0.2, 0.25) is 0 Å². The van der Waals surface area contributed by atoms with Gasteiger partial charge in [-0.05, 0) is 54.3 Å². The maximum atomic E-state index is 13.9. The first kappa shape index (κ1) is 29.5. The summed E-state index contributed by atoms with van der Waals surface area (Å²) in [5, 5.41) is 0. The molecule has 214 valence electrons. The van der Waals surface area contributed by atoms with Crippen LogP contribution < -0.4 is 24.4 Å². The number of fused-ring (bicyclic) bond motifs is 1. The molecule has 2 aromatic carbocycles. The molecule has 0 aliphatic carbocycles. The number of hydrogen-bond donors (Lipinski definition) is 0. The van der Waals surface area contributed by atoms with E-state index < -0.39 is 23.9 Å². The lowest BCUT2D eigenvalue weighted by Gasteiger charge is -2.25. The van der Waals surface area contributed by atoms with E-state index in [2.05, 4.69) is 4.99 Å². The van der Waals surface area contributed by atoms with Crippen molar-refractivity contribution >= 4 is 35.3 Å². The molecule has 0 amide bonds. The van der Waals surface area contributed by atoms with E-state index in [1.807, 2.05) is 13.8 Å². The van der Waals surface area contributed by atoms with Gasteiger partial charge in [-0.2, -0.15) is 0 Å². The fraction of sp³-hybridized carbons (Fsp3) is 0.300. The minimum Gasteiger partial charge on any atom is -0.493 e. The van der Waals surface area contributed by atoms with Crippen molar-refractivity contribution in [1.29, 1.82) is 0 Å². The van der Waals surface area contributed by atoms with Crippen molar-refractivity contribution in [1.82, 2.24) is 4.57 Å². The SMILES string of the molecule is COC(=O)c1ccc(C2C(C(=O)OCC(C)C)=C(C)N=c3sc(=Cc4ccc(OC(C)=O)c(OC)c4)c(=O)n32)cc1. The molecule has 3 aromatic rings. The predicted octanol–water partition coefficient (Wildman–Crippen LogP) is 3.15. The molecule has 1 aliphatic rings. The Hall–Kier alpha value is -4.51. The maximum Gasteiger partial charge on any atom is 0.338 e. The molecule has 0 N–H and O–H groups in total. The van der Waals surface area contributed by atoms with Gasteiger partial charge in [0.05, 0.1) is 48.2 Å². The highest BCUT2D eigenvalue weighted by atomic mass is 32.1. The molecule has 2 heterocycles. The molecule has 1 aliphatic heterocycles. The van der Waals surface area contributed by atoms with Crippen LogP contribution in [0, 0.1) is 5.92 Å². The quantitative estimate of drug-likeness (QED) is 0.295. The van der Waals surface area contributed by atoms with Gasteiger partial charge in [0.2, 0.25) is 0 Å². The third-order valence-electron chi connectivity index (χ3n) is 6.18. The summed E-state index contributed by atoms with van der Waals surface area (Å²) in [5.74, 6) is -0.850. The van der Waals surface area contributed by atoms with E-state index in [0.717, 1.165) is 0 Å². The van der Waals surface area contributed by atoms with Crippen LogP contribution in [-0.4, -0.2) is 43.3 Å². The van der Waals surface area contributed by atoms with Gasteiger partial charge in [0, 0.05) is 6.92 Å². The summed E-state index contributed by atoms with van der Waals surface area (Å²) in [4.78, 5) is 55.6. The number of rotatable bonds is 8. The first-order chi connectivity index (χ1) is 19.5. The van der Waals surface area contributed by atoms with Crippen molar-refractivity contribution in [2.75, 3.05) is 20.8 Å². The summed E-state index contributed by atoms with van der Waals surface area (Å²) in [6.45, 7) is 7.07. The first-order valence-corrected chi connectivity index (χ1v) is 13.6. The second-order valence-electron chi connectivity index (χ2n) is 9.69. The molecule has 1 atom stereocenters. The van der Waals surface area contributed by atoms with Crippen LogP contribution in [0.4, 0.5) is 0 Å². The Morgan fingerprint density at radius 2 is 1.76 bits per heavy atom. The zero-order chi connectivity index (χ0) is 29.8. The summed E-state index contributed by atoms with van der Waals surface area (Å²) < 4.78 is 22.7. The van der Waals surface area contributed by atoms with Crippen molar-refractivity contribution in [3.63, 3.8) is 0 Å². The third-order valence-corrected chi connectivity index (χ3v) is 7.16. The van der Waals surface area contributed by atoms with Crippen molar-refractivity contribution < 1.29 is 33.3 Å². The second-order valence-corrected chi connectivity index (χ2v) is 10.7. The fourth-order valence-corrected chi connectivity index (χ4v) is 5.35. The molecule has 0 radical (unpaired) electrons. The van der Waals surface area contributed by atoms with Gasteiger partial charge >= 0.3 is 17.9 Å². The summed E-state index contributed by atoms with van der Waals surface area (Å²) >= 11 is 1.17. The lowest BCUT2D eigenvalue weighted by Crippen LogP contribution is -2.40. The van der Waals surface area contributed by atoms with Gasteiger partial charge in [0.1, 0.15) is 0 Å². The van der Waals surface area contributed by atoms with Gasteiger partial charge in [-0.1, -0.05) is 43.4 Å². The number of allylic oxidation sites excluding steroid dienone is 1. The molecule has 0 bridgehead atoms. The predicted molar refractivity (Wildman–Crippen MR) is 152 cm³/mol. The van der Waals surface area contributed by atoms with Crippen LogP contribution in [0.15, 0.2) is 63.5 Å². The largest absolute Gasteiger partial charge is 0.493 e. The van der Waals surface area contributed by atoms with Crippen molar-refractivity contribution in [3.05, 3.63) is 90.1 Å². The molecule has 0 spiro atoms. The molecule has 11 heteroatoms. The lowest BCUT2D eigenvalue weighted by molar-refractivity contribution is -0.140. The molecule has 0 saturated carbocycles. The van der Waals surface area contributed by atoms with Gasteiger partial charge in [-0.15, -0.1) is 0 Å². The number of benzene rings is 2. The van der Waals surface area contributed by atoms with Gasteiger partial charge in [-0.25, -0.2) is 14.6 Å². The monoisotopic (exact) mass is 578 g/mol. The lowest BCUT2D eigenvalue weighted by atomic mass is 9.95. The van der Waals surface area contributed by atoms with E-state index in [0.29, 0.717) is 37.5 Å². The van der Waals surface area contributed by atoms with E-state index in [9.17, 15) is 19.2 Å². The average Bonchev–Trinajstić information content (AvgIpc) is 3.24. The summed E-state index contributed by atoms with van der Waals surface area (Å²) in [6, 6.07) is 10.6. The number of aromatic nitrogens is 1. The Bertz CT molecular complexity index is 1710. The molecule has 41 heavy (non-hydrogen) atoms. The Kier molecular flexibility index (Phi) is 8.87. The van der Waals surface area contributed by atoms with Crippen molar-refractivity contribution in [3.8, 4) is 11.5 Å². The highest BCUT2D eigenvalue weighted by molar-refractivity contribution is 7.07. The van der Waals surface area contributed by atoms with Gasteiger partial charge < -0.3 is 18.9 Å². The Balaban J connectivity index is 1.86. The highest BCUT2D eigenvalue weighted by Gasteiger charge is 2.33. The molecule has 0 fully saturated rings. The number of esters is 3. The summed E-state index contributed by atoms with van der Waals surface area (Å²) in [5.41, 5.74) is 1.88. The maximum absolute atomic E-state index is 13.9. The topological polar surface area (TPSA) is 122 Å². The Morgan fingerprint density at radius 1 is 1.05 bits per heavy atom. The zero-order valence-corrected chi connectivity index (χ0v) is 24.4. The Morgan fingerprint density at radius 3 is 2.37 bits per heavy atom. The van der Waals surface area contributed by atoms with Crippen LogP contribution in [0.1, 0.15) is 55.2 Å². The van der Waals surface area contributed by atoms with Crippen LogP contribution in [0.5, 0.6) is 11.5 Å². The standard InChI is InChI=1S/C30H30N2O8S/c1-16(2)15-39-29(36)25-17(3)31-30-32(26(25)20-8-10-21(11-9-20)28(35)38-6)27(34)24(41-30)14-19-7-12-22(40-18(4)33)23(13-19)37-5/h7-14,16,26H,15H2,1-6H3. The van der Waals surface area contributed by atoms with Crippen molar-refractivity contribution in [2.45, 2.75) is 33.7 Å². The van der Waals surface area contributed by atoms with Crippen LogP contribution >= 0.6 is 11.3 Å². The average molecular weight is 579 g/mol. The minimum absolute atomic E-state index is 0.114. The second kappa shape index (κ2) is 12.3. The first-order valence-electron chi connectivity index (χ1n) is 12.8. The van der Waals surface area contributed by atoms with Gasteiger partial charge in [0.25, 0.3) is 5.56 Å². The van der Waals surface area contributed by atoms with E-state index in [-0.39, 0.29) is 29.4 Å². The molecule has 10 nitrogen and oxygen atoms in total. The number of ether oxygens (including phenoxy) is 4. The van der Waals surface area contributed by atoms with E-state index in [4.69, 9.17) is 18.9 Å². The number of hydrogen-bond acceptors (Lipinski definition) is 10. The number of carbonyl (C=O) groups is 3. The van der Waals surface area contributed by atoms with E-state index in [1.165, 1.54) is 37.0 Å². The van der Waals surface area contributed by atoms with Crippen LogP contribution in [-0.2, 0) is 19.1 Å². The molecule has 1 aromatic heterocycles. The molecule has 0 saturated heterocycles. The summed E-state index contributed by atoms with van der Waals surface area (Å²) in [7, 11) is 2.75.